The number of hydrogen-bond donors (Lipinski definition) is 0. The highest BCUT2D eigenvalue weighted by molar-refractivity contribution is 7.07. The number of rotatable bonds is 6. The molecule has 1 aliphatic heterocycles. The molecule has 0 N–H and O–H groups in total. The number of thiazole rings is 1. The zero-order valence-corrected chi connectivity index (χ0v) is 23.1. The van der Waals surface area contributed by atoms with Crippen LogP contribution in [-0.2, 0) is 9.53 Å². The second kappa shape index (κ2) is 10.6. The fraction of sp³-hybridized carbons (Fsp3) is 0.233. The van der Waals surface area contributed by atoms with Crippen LogP contribution in [0.5, 0.6) is 0 Å². The number of nitrogens with zero attached hydrogens (tertiary/aromatic N) is 2. The summed E-state index contributed by atoms with van der Waals surface area (Å²) in [5.41, 5.74) is 3.54. The lowest BCUT2D eigenvalue weighted by Crippen LogP contribution is -2.39. The molecule has 6 nitrogen and oxygen atoms in total. The highest BCUT2D eigenvalue weighted by atomic mass is 35.5. The number of hydrogen-bond acceptors (Lipinski definition) is 6. The minimum atomic E-state index is -0.644. The van der Waals surface area contributed by atoms with Crippen molar-refractivity contribution in [1.82, 2.24) is 4.57 Å². The van der Waals surface area contributed by atoms with Crippen LogP contribution < -0.4 is 14.9 Å². The van der Waals surface area contributed by atoms with Gasteiger partial charge in [-0.1, -0.05) is 61.1 Å². The molecule has 194 valence electrons. The minimum absolute atomic E-state index is 0.230. The normalized spacial score (nSPS) is 15.5. The van der Waals surface area contributed by atoms with Gasteiger partial charge in [-0.25, -0.2) is 9.79 Å². The van der Waals surface area contributed by atoms with E-state index in [0.29, 0.717) is 43.1 Å². The lowest BCUT2D eigenvalue weighted by Gasteiger charge is -2.25. The van der Waals surface area contributed by atoms with E-state index in [0.717, 1.165) is 11.1 Å². The van der Waals surface area contributed by atoms with Gasteiger partial charge in [0, 0.05) is 16.7 Å². The zero-order chi connectivity index (χ0) is 27.0. The third-order valence-corrected chi connectivity index (χ3v) is 7.70. The predicted molar refractivity (Wildman–Crippen MR) is 150 cm³/mol. The maximum Gasteiger partial charge on any atom is 0.338 e. The molecule has 0 radical (unpaired) electrons. The van der Waals surface area contributed by atoms with Gasteiger partial charge >= 0.3 is 5.97 Å². The van der Waals surface area contributed by atoms with E-state index in [1.165, 1.54) is 16.9 Å². The Kier molecular flexibility index (Phi) is 7.23. The molecule has 0 bridgehead atoms. The predicted octanol–water partition coefficient (Wildman–Crippen LogP) is 5.84. The fourth-order valence-corrected chi connectivity index (χ4v) is 5.65. The molecule has 4 aromatic rings. The van der Waals surface area contributed by atoms with Gasteiger partial charge < -0.3 is 9.15 Å². The van der Waals surface area contributed by atoms with E-state index in [4.69, 9.17) is 20.8 Å². The zero-order valence-electron chi connectivity index (χ0n) is 21.5. The summed E-state index contributed by atoms with van der Waals surface area (Å²) in [6.07, 6.45) is 1.71. The number of carbonyl (C=O) groups excluding carboxylic acids is 1. The number of allylic oxidation sites excluding steroid dienone is 1. The average Bonchev–Trinajstić information content (AvgIpc) is 3.48. The first-order chi connectivity index (χ1) is 18.3. The summed E-state index contributed by atoms with van der Waals surface area (Å²) < 4.78 is 13.4. The van der Waals surface area contributed by atoms with Crippen molar-refractivity contribution >= 4 is 35.0 Å². The Morgan fingerprint density at radius 3 is 2.50 bits per heavy atom. The number of furan rings is 1. The molecule has 2 aromatic carbocycles. The fourth-order valence-electron chi connectivity index (χ4n) is 4.50. The Hall–Kier alpha value is -3.68. The summed E-state index contributed by atoms with van der Waals surface area (Å²) >= 11 is 7.27. The monoisotopic (exact) mass is 546 g/mol. The maximum absolute atomic E-state index is 13.8. The van der Waals surface area contributed by atoms with Crippen molar-refractivity contribution < 1.29 is 13.9 Å². The smallest absolute Gasteiger partial charge is 0.338 e. The van der Waals surface area contributed by atoms with Crippen LogP contribution in [0.4, 0.5) is 0 Å². The number of benzene rings is 2. The Balaban J connectivity index is 1.62. The third kappa shape index (κ3) is 4.91. The number of esters is 1. The van der Waals surface area contributed by atoms with Gasteiger partial charge in [0.15, 0.2) is 4.80 Å². The standard InChI is InChI=1S/C30H27ClN2O4S/c1-5-36-29(35)26-18(4)32-30-33(27(26)21-8-6-19(7-9-21)17(2)3)28(34)25(38-30)16-23-14-15-24(37-23)20-10-12-22(31)13-11-20/h6-17,27H,5H2,1-4H3/b25-16-/t27-/m0/s1. The molecule has 38 heavy (non-hydrogen) atoms. The Morgan fingerprint density at radius 2 is 1.84 bits per heavy atom. The highest BCUT2D eigenvalue weighted by Gasteiger charge is 2.33. The molecular weight excluding hydrogens is 520 g/mol. The first-order valence-corrected chi connectivity index (χ1v) is 13.6. The highest BCUT2D eigenvalue weighted by Crippen LogP contribution is 2.31. The van der Waals surface area contributed by atoms with Gasteiger partial charge in [-0.3, -0.25) is 9.36 Å². The van der Waals surface area contributed by atoms with Crippen LogP contribution in [0.1, 0.15) is 56.5 Å². The van der Waals surface area contributed by atoms with Crippen LogP contribution in [0.2, 0.25) is 5.02 Å². The van der Waals surface area contributed by atoms with Gasteiger partial charge in [-0.15, -0.1) is 0 Å². The molecule has 0 spiro atoms. The van der Waals surface area contributed by atoms with Crippen LogP contribution in [0.15, 0.2) is 86.1 Å². The van der Waals surface area contributed by atoms with Crippen molar-refractivity contribution in [2.75, 3.05) is 6.61 Å². The number of halogens is 1. The molecule has 5 rings (SSSR count). The third-order valence-electron chi connectivity index (χ3n) is 6.46. The molecule has 3 heterocycles. The first-order valence-electron chi connectivity index (χ1n) is 12.4. The lowest BCUT2D eigenvalue weighted by atomic mass is 9.93. The quantitative estimate of drug-likeness (QED) is 0.285. The van der Waals surface area contributed by atoms with E-state index >= 15 is 0 Å². The molecule has 8 heteroatoms. The summed E-state index contributed by atoms with van der Waals surface area (Å²) in [5, 5.41) is 0.646. The molecule has 1 aliphatic rings. The molecule has 0 unspecified atom stereocenters. The second-order valence-electron chi connectivity index (χ2n) is 9.33. The van der Waals surface area contributed by atoms with E-state index in [-0.39, 0.29) is 12.2 Å². The first kappa shape index (κ1) is 25.9. The SMILES string of the molecule is CCOC(=O)C1=C(C)N=c2s/c(=C\c3ccc(-c4ccc(Cl)cc4)o3)c(=O)n2[C@H]1c1ccc(C(C)C)cc1. The van der Waals surface area contributed by atoms with Gasteiger partial charge in [-0.2, -0.15) is 0 Å². The van der Waals surface area contributed by atoms with E-state index in [1.54, 1.807) is 36.6 Å². The summed E-state index contributed by atoms with van der Waals surface area (Å²) in [4.78, 5) is 32.0. The topological polar surface area (TPSA) is 73.8 Å². The minimum Gasteiger partial charge on any atom is -0.463 e. The second-order valence-corrected chi connectivity index (χ2v) is 10.8. The van der Waals surface area contributed by atoms with Crippen LogP contribution in [0.25, 0.3) is 17.4 Å². The van der Waals surface area contributed by atoms with Crippen molar-refractivity contribution in [2.45, 2.75) is 39.7 Å². The number of ether oxygens (including phenoxy) is 1. The number of carbonyl (C=O) groups is 1. The molecule has 1 atom stereocenters. The summed E-state index contributed by atoms with van der Waals surface area (Å²) in [7, 11) is 0. The van der Waals surface area contributed by atoms with E-state index < -0.39 is 12.0 Å². The lowest BCUT2D eigenvalue weighted by molar-refractivity contribution is -0.139. The van der Waals surface area contributed by atoms with Crippen molar-refractivity contribution in [3.05, 3.63) is 114 Å². The molecule has 0 fully saturated rings. The molecule has 0 saturated carbocycles. The number of aromatic nitrogens is 1. The van der Waals surface area contributed by atoms with Gasteiger partial charge in [0.2, 0.25) is 0 Å². The molecule has 0 amide bonds. The van der Waals surface area contributed by atoms with E-state index in [2.05, 4.69) is 18.8 Å². The van der Waals surface area contributed by atoms with Crippen molar-refractivity contribution in [1.29, 1.82) is 0 Å². The van der Waals surface area contributed by atoms with Crippen LogP contribution in [0, 0.1) is 0 Å². The summed E-state index contributed by atoms with van der Waals surface area (Å²) in [6.45, 7) is 8.02. The Morgan fingerprint density at radius 1 is 1.13 bits per heavy atom. The van der Waals surface area contributed by atoms with Gasteiger partial charge in [-0.05, 0) is 67.3 Å². The summed E-state index contributed by atoms with van der Waals surface area (Å²) in [5.74, 6) is 1.10. The largest absolute Gasteiger partial charge is 0.463 e. The van der Waals surface area contributed by atoms with Crippen molar-refractivity contribution in [3.8, 4) is 11.3 Å². The molecule has 0 saturated heterocycles. The maximum atomic E-state index is 13.8. The molecule has 2 aromatic heterocycles. The Bertz CT molecular complexity index is 1710. The van der Waals surface area contributed by atoms with E-state index in [1.807, 2.05) is 48.5 Å². The molecular formula is C30H27ClN2O4S. The van der Waals surface area contributed by atoms with E-state index in [9.17, 15) is 9.59 Å². The van der Waals surface area contributed by atoms with Crippen LogP contribution in [0.3, 0.4) is 0 Å². The van der Waals surface area contributed by atoms with Gasteiger partial charge in [0.25, 0.3) is 5.56 Å². The Labute approximate surface area is 229 Å². The van der Waals surface area contributed by atoms with Crippen LogP contribution in [-0.4, -0.2) is 17.1 Å². The van der Waals surface area contributed by atoms with Gasteiger partial charge in [0.1, 0.15) is 11.5 Å². The van der Waals surface area contributed by atoms with Gasteiger partial charge in [0.05, 0.1) is 28.5 Å². The van der Waals surface area contributed by atoms with Crippen LogP contribution >= 0.6 is 22.9 Å². The summed E-state index contributed by atoms with van der Waals surface area (Å²) in [6, 6.07) is 18.4. The molecule has 0 aliphatic carbocycles. The van der Waals surface area contributed by atoms with Crippen molar-refractivity contribution in [3.63, 3.8) is 0 Å². The average molecular weight is 547 g/mol. The van der Waals surface area contributed by atoms with Crippen molar-refractivity contribution in [2.24, 2.45) is 4.99 Å². The number of fused-ring (bicyclic) bond motifs is 1.